The van der Waals surface area contributed by atoms with Crippen molar-refractivity contribution < 1.29 is 4.79 Å². The van der Waals surface area contributed by atoms with Crippen LogP contribution in [-0.4, -0.2) is 37.1 Å². The molecule has 1 fully saturated rings. The van der Waals surface area contributed by atoms with E-state index in [1.54, 1.807) is 0 Å². The third kappa shape index (κ3) is 4.83. The van der Waals surface area contributed by atoms with Crippen molar-refractivity contribution in [2.75, 3.05) is 26.2 Å². The van der Waals surface area contributed by atoms with Gasteiger partial charge in [0.15, 0.2) is 0 Å². The van der Waals surface area contributed by atoms with Crippen LogP contribution in [-0.2, 0) is 11.2 Å². The highest BCUT2D eigenvalue weighted by Gasteiger charge is 2.19. The summed E-state index contributed by atoms with van der Waals surface area (Å²) in [5.74, 6) is 0.616. The molecule has 1 aromatic rings. The number of nitrogens with one attached hydrogen (secondary N) is 2. The highest BCUT2D eigenvalue weighted by Crippen LogP contribution is 2.17. The zero-order valence-electron chi connectivity index (χ0n) is 13.4. The lowest BCUT2D eigenvalue weighted by Crippen LogP contribution is -2.52. The molecule has 1 aromatic carbocycles. The molecule has 0 bridgehead atoms. The van der Waals surface area contributed by atoms with Crippen molar-refractivity contribution in [2.24, 2.45) is 5.92 Å². The number of amides is 1. The lowest BCUT2D eigenvalue weighted by Gasteiger charge is -2.28. The Bertz CT molecular complexity index is 450. The number of hydrazine groups is 1. The van der Waals surface area contributed by atoms with Crippen LogP contribution in [0.2, 0.25) is 0 Å². The van der Waals surface area contributed by atoms with Crippen molar-refractivity contribution in [1.29, 1.82) is 0 Å². The number of benzene rings is 1. The molecule has 1 atom stereocenters. The van der Waals surface area contributed by atoms with Gasteiger partial charge in [-0.2, -0.15) is 0 Å². The average molecular weight is 289 g/mol. The first kappa shape index (κ1) is 16.0. The molecule has 1 aliphatic rings. The second-order valence-electron chi connectivity index (χ2n) is 6.27. The maximum atomic E-state index is 12.3. The molecule has 21 heavy (non-hydrogen) atoms. The zero-order chi connectivity index (χ0) is 15.2. The summed E-state index contributed by atoms with van der Waals surface area (Å²) in [5.41, 5.74) is 5.43. The lowest BCUT2D eigenvalue weighted by atomic mass is 9.96. The lowest BCUT2D eigenvalue weighted by molar-refractivity contribution is -0.127. The molecule has 1 saturated heterocycles. The van der Waals surface area contributed by atoms with Crippen molar-refractivity contribution in [3.8, 4) is 0 Å². The largest absolute Gasteiger partial charge is 0.314 e. The molecule has 0 saturated carbocycles. The van der Waals surface area contributed by atoms with Crippen molar-refractivity contribution in [3.63, 3.8) is 0 Å². The van der Waals surface area contributed by atoms with Crippen molar-refractivity contribution >= 4 is 5.91 Å². The summed E-state index contributed by atoms with van der Waals surface area (Å²) < 4.78 is 0. The first-order valence-corrected chi connectivity index (χ1v) is 7.91. The number of hydrogen-bond donors (Lipinski definition) is 2. The topological polar surface area (TPSA) is 44.4 Å². The van der Waals surface area contributed by atoms with Crippen LogP contribution in [0.4, 0.5) is 0 Å². The first-order chi connectivity index (χ1) is 10.1. The van der Waals surface area contributed by atoms with Crippen LogP contribution >= 0.6 is 0 Å². The average Bonchev–Trinajstić information content (AvgIpc) is 2.47. The summed E-state index contributed by atoms with van der Waals surface area (Å²) in [4.78, 5) is 12.3. The Kier molecular flexibility index (Phi) is 5.76. The molecule has 0 radical (unpaired) electrons. The molecule has 1 heterocycles. The molecule has 4 heteroatoms. The van der Waals surface area contributed by atoms with Gasteiger partial charge in [-0.15, -0.1) is 0 Å². The Labute approximate surface area is 127 Å². The van der Waals surface area contributed by atoms with Crippen LogP contribution in [0, 0.1) is 5.92 Å². The highest BCUT2D eigenvalue weighted by atomic mass is 16.2. The number of carbonyl (C=O) groups excluding carboxylic acids is 1. The second-order valence-corrected chi connectivity index (χ2v) is 6.27. The SMILES string of the molecule is CC(C)Cc1ccc(C(C)C(=O)NN2CCNCC2)cc1. The molecular weight excluding hydrogens is 262 g/mol. The van der Waals surface area contributed by atoms with Gasteiger partial charge >= 0.3 is 0 Å². The van der Waals surface area contributed by atoms with E-state index < -0.39 is 0 Å². The van der Waals surface area contributed by atoms with E-state index in [4.69, 9.17) is 0 Å². The third-order valence-corrected chi connectivity index (χ3v) is 3.90. The zero-order valence-corrected chi connectivity index (χ0v) is 13.4. The van der Waals surface area contributed by atoms with E-state index >= 15 is 0 Å². The van der Waals surface area contributed by atoms with Gasteiger partial charge in [0.2, 0.25) is 5.91 Å². The Balaban J connectivity index is 1.91. The fraction of sp³-hybridized carbons (Fsp3) is 0.588. The van der Waals surface area contributed by atoms with Gasteiger partial charge in [0, 0.05) is 26.2 Å². The Morgan fingerprint density at radius 2 is 1.81 bits per heavy atom. The predicted molar refractivity (Wildman–Crippen MR) is 86.0 cm³/mol. The van der Waals surface area contributed by atoms with Gasteiger partial charge in [-0.25, -0.2) is 5.01 Å². The minimum absolute atomic E-state index is 0.0773. The standard InChI is InChI=1S/C17H27N3O/c1-13(2)12-15-4-6-16(7-5-15)14(3)17(21)19-20-10-8-18-9-11-20/h4-7,13-14,18H,8-12H2,1-3H3,(H,19,21). The first-order valence-electron chi connectivity index (χ1n) is 7.91. The molecule has 1 unspecified atom stereocenters. The summed E-state index contributed by atoms with van der Waals surface area (Å²) in [5, 5.41) is 5.28. The molecule has 0 aromatic heterocycles. The van der Waals surface area contributed by atoms with E-state index in [0.717, 1.165) is 38.2 Å². The van der Waals surface area contributed by atoms with Crippen molar-refractivity contribution in [2.45, 2.75) is 33.1 Å². The van der Waals surface area contributed by atoms with E-state index in [2.05, 4.69) is 48.9 Å². The van der Waals surface area contributed by atoms with Crippen LogP contribution in [0.15, 0.2) is 24.3 Å². The normalized spacial score (nSPS) is 17.7. The summed E-state index contributed by atoms with van der Waals surface area (Å²) in [6.45, 7) is 10.00. The van der Waals surface area contributed by atoms with E-state index in [0.29, 0.717) is 5.92 Å². The second kappa shape index (κ2) is 7.57. The molecular formula is C17H27N3O. The molecule has 0 aliphatic carbocycles. The number of nitrogens with zero attached hydrogens (tertiary/aromatic N) is 1. The Hall–Kier alpha value is -1.39. The van der Waals surface area contributed by atoms with Crippen molar-refractivity contribution in [1.82, 2.24) is 15.8 Å². The third-order valence-electron chi connectivity index (χ3n) is 3.90. The van der Waals surface area contributed by atoms with Gasteiger partial charge in [-0.05, 0) is 30.4 Å². The van der Waals surface area contributed by atoms with Crippen LogP contribution < -0.4 is 10.7 Å². The fourth-order valence-electron chi connectivity index (χ4n) is 2.59. The maximum Gasteiger partial charge on any atom is 0.241 e. The quantitative estimate of drug-likeness (QED) is 0.870. The highest BCUT2D eigenvalue weighted by molar-refractivity contribution is 5.82. The molecule has 0 spiro atoms. The smallest absolute Gasteiger partial charge is 0.241 e. The summed E-state index contributed by atoms with van der Waals surface area (Å²) in [6.07, 6.45) is 1.08. The van der Waals surface area contributed by atoms with Crippen LogP contribution in [0.1, 0.15) is 37.8 Å². The predicted octanol–water partition coefficient (Wildman–Crippen LogP) is 1.92. The minimum atomic E-state index is -0.118. The number of carbonyl (C=O) groups is 1. The van der Waals surface area contributed by atoms with Crippen molar-refractivity contribution in [3.05, 3.63) is 35.4 Å². The minimum Gasteiger partial charge on any atom is -0.314 e. The van der Waals surface area contributed by atoms with Crippen LogP contribution in [0.25, 0.3) is 0 Å². The molecule has 4 nitrogen and oxygen atoms in total. The van der Waals surface area contributed by atoms with Gasteiger partial charge in [-0.1, -0.05) is 38.1 Å². The van der Waals surface area contributed by atoms with Gasteiger partial charge in [0.25, 0.3) is 0 Å². The van der Waals surface area contributed by atoms with Crippen LogP contribution in [0.3, 0.4) is 0 Å². The Morgan fingerprint density at radius 3 is 2.38 bits per heavy atom. The number of hydrogen-bond acceptors (Lipinski definition) is 3. The summed E-state index contributed by atoms with van der Waals surface area (Å²) >= 11 is 0. The van der Waals surface area contributed by atoms with E-state index in [1.807, 2.05) is 11.9 Å². The summed E-state index contributed by atoms with van der Waals surface area (Å²) in [6, 6.07) is 8.45. The van der Waals surface area contributed by atoms with Crippen LogP contribution in [0.5, 0.6) is 0 Å². The number of rotatable bonds is 5. The van der Waals surface area contributed by atoms with E-state index in [9.17, 15) is 4.79 Å². The Morgan fingerprint density at radius 1 is 1.19 bits per heavy atom. The summed E-state index contributed by atoms with van der Waals surface area (Å²) in [7, 11) is 0. The van der Waals surface area contributed by atoms with Gasteiger partial charge in [0.1, 0.15) is 0 Å². The van der Waals surface area contributed by atoms with E-state index in [-0.39, 0.29) is 11.8 Å². The molecule has 2 N–H and O–H groups in total. The monoisotopic (exact) mass is 289 g/mol. The van der Waals surface area contributed by atoms with Gasteiger partial charge in [-0.3, -0.25) is 10.2 Å². The molecule has 1 amide bonds. The molecule has 1 aliphatic heterocycles. The van der Waals surface area contributed by atoms with Gasteiger partial charge < -0.3 is 5.32 Å². The fourth-order valence-corrected chi connectivity index (χ4v) is 2.59. The number of piperazine rings is 1. The van der Waals surface area contributed by atoms with Gasteiger partial charge in [0.05, 0.1) is 5.92 Å². The molecule has 116 valence electrons. The maximum absolute atomic E-state index is 12.3. The van der Waals surface area contributed by atoms with E-state index in [1.165, 1.54) is 5.56 Å². The molecule has 2 rings (SSSR count).